The lowest BCUT2D eigenvalue weighted by atomic mass is 10.0. The normalized spacial score (nSPS) is 11.8. The van der Waals surface area contributed by atoms with E-state index in [1.807, 2.05) is 0 Å². The molecule has 144 valence electrons. The molecule has 0 aliphatic carbocycles. The van der Waals surface area contributed by atoms with E-state index in [2.05, 4.69) is 4.98 Å². The van der Waals surface area contributed by atoms with Crippen molar-refractivity contribution in [2.45, 2.75) is 12.8 Å². The lowest BCUT2D eigenvalue weighted by Gasteiger charge is -2.13. The van der Waals surface area contributed by atoms with Crippen molar-refractivity contribution >= 4 is 11.5 Å². The summed E-state index contributed by atoms with van der Waals surface area (Å²) in [6.07, 6.45) is -3.57. The molecule has 0 aliphatic heterocycles. The minimum absolute atomic E-state index is 0.0917. The maximum atomic E-state index is 12.8. The number of hydrogen-bond acceptors (Lipinski definition) is 6. The number of esters is 1. The van der Waals surface area contributed by atoms with Crippen LogP contribution < -0.4 is 10.4 Å². The maximum Gasteiger partial charge on any atom is 0.431 e. The standard InChI is InChI=1S/C17H15F3N2O5/c1-25-9-12(15(23)26-2)11-6-4-3-5-10(11)8-27-14-7-13(17(18,19)20)21-16(24)22-14/h3-7,9H,8H2,1-2H3,(H,21,22,24)/b12-9+. The van der Waals surface area contributed by atoms with Gasteiger partial charge in [0.1, 0.15) is 17.9 Å². The highest BCUT2D eigenvalue weighted by Crippen LogP contribution is 2.28. The second kappa shape index (κ2) is 8.39. The van der Waals surface area contributed by atoms with E-state index >= 15 is 0 Å². The van der Waals surface area contributed by atoms with Crippen molar-refractivity contribution < 1.29 is 32.2 Å². The van der Waals surface area contributed by atoms with Gasteiger partial charge >= 0.3 is 17.8 Å². The highest BCUT2D eigenvalue weighted by Gasteiger charge is 2.32. The van der Waals surface area contributed by atoms with Gasteiger partial charge in [-0.3, -0.25) is 0 Å². The highest BCUT2D eigenvalue weighted by atomic mass is 19.4. The molecule has 7 nitrogen and oxygen atoms in total. The molecule has 0 amide bonds. The molecule has 2 rings (SSSR count). The molecule has 0 radical (unpaired) electrons. The van der Waals surface area contributed by atoms with Crippen LogP contribution in [0.4, 0.5) is 13.2 Å². The molecule has 1 N–H and O–H groups in total. The van der Waals surface area contributed by atoms with Gasteiger partial charge in [-0.15, -0.1) is 0 Å². The number of methoxy groups -OCH3 is 2. The van der Waals surface area contributed by atoms with Crippen LogP contribution in [0.25, 0.3) is 5.57 Å². The molecule has 1 heterocycles. The van der Waals surface area contributed by atoms with Crippen molar-refractivity contribution in [3.63, 3.8) is 0 Å². The van der Waals surface area contributed by atoms with Crippen molar-refractivity contribution in [2.75, 3.05) is 14.2 Å². The predicted molar refractivity (Wildman–Crippen MR) is 87.6 cm³/mol. The lowest BCUT2D eigenvalue weighted by molar-refractivity contribution is -0.141. The Morgan fingerprint density at radius 3 is 2.59 bits per heavy atom. The largest absolute Gasteiger partial charge is 0.503 e. The Balaban J connectivity index is 2.33. The first kappa shape index (κ1) is 20.0. The Labute approximate surface area is 151 Å². The number of nitrogens with zero attached hydrogens (tertiary/aromatic N) is 1. The smallest absolute Gasteiger partial charge is 0.431 e. The average Bonchev–Trinajstić information content (AvgIpc) is 2.63. The number of rotatable bonds is 6. The van der Waals surface area contributed by atoms with Crippen molar-refractivity contribution in [2.24, 2.45) is 0 Å². The number of carbonyl (C=O) groups is 1. The first-order valence-corrected chi connectivity index (χ1v) is 7.47. The quantitative estimate of drug-likeness (QED) is 0.468. The van der Waals surface area contributed by atoms with E-state index in [9.17, 15) is 22.8 Å². The van der Waals surface area contributed by atoms with Crippen LogP contribution in [-0.2, 0) is 27.1 Å². The molecule has 0 fully saturated rings. The number of nitrogens with one attached hydrogen (secondary N) is 1. The molecule has 2 aromatic rings. The van der Waals surface area contributed by atoms with Crippen LogP contribution in [0.2, 0.25) is 0 Å². The summed E-state index contributed by atoms with van der Waals surface area (Å²) in [6, 6.07) is 7.07. The van der Waals surface area contributed by atoms with Gasteiger partial charge in [-0.1, -0.05) is 24.3 Å². The van der Waals surface area contributed by atoms with E-state index in [4.69, 9.17) is 14.2 Å². The molecule has 27 heavy (non-hydrogen) atoms. The Kier molecular flexibility index (Phi) is 6.22. The highest BCUT2D eigenvalue weighted by molar-refractivity contribution is 6.16. The minimum atomic E-state index is -4.75. The summed E-state index contributed by atoms with van der Waals surface area (Å²) >= 11 is 0. The minimum Gasteiger partial charge on any atom is -0.503 e. The van der Waals surface area contributed by atoms with Gasteiger partial charge < -0.3 is 19.2 Å². The van der Waals surface area contributed by atoms with E-state index in [-0.39, 0.29) is 12.2 Å². The van der Waals surface area contributed by atoms with Crippen molar-refractivity contribution in [3.05, 3.63) is 63.9 Å². The molecule has 0 spiro atoms. The van der Waals surface area contributed by atoms with Gasteiger partial charge in [-0.2, -0.15) is 18.2 Å². The molecular weight excluding hydrogens is 369 g/mol. The van der Waals surface area contributed by atoms with E-state index < -0.39 is 29.4 Å². The van der Waals surface area contributed by atoms with Gasteiger partial charge in [0.05, 0.1) is 20.5 Å². The molecule has 0 atom stereocenters. The molecular formula is C17H15F3N2O5. The Hall–Kier alpha value is -3.30. The van der Waals surface area contributed by atoms with E-state index in [1.165, 1.54) is 20.5 Å². The summed E-state index contributed by atoms with van der Waals surface area (Å²) in [5, 5.41) is 0. The van der Waals surface area contributed by atoms with Gasteiger partial charge in [0.25, 0.3) is 0 Å². The van der Waals surface area contributed by atoms with Crippen LogP contribution >= 0.6 is 0 Å². The zero-order valence-corrected chi connectivity index (χ0v) is 14.3. The Bertz CT molecular complexity index is 906. The third-order valence-electron chi connectivity index (χ3n) is 3.35. The van der Waals surface area contributed by atoms with Crippen LogP contribution in [0.15, 0.2) is 41.4 Å². The number of alkyl halides is 3. The number of benzene rings is 1. The summed E-state index contributed by atoms with van der Waals surface area (Å²) in [4.78, 5) is 28.2. The van der Waals surface area contributed by atoms with Crippen molar-refractivity contribution in [1.82, 2.24) is 9.97 Å². The third-order valence-corrected chi connectivity index (χ3v) is 3.35. The van der Waals surface area contributed by atoms with Gasteiger partial charge in [0.2, 0.25) is 5.88 Å². The molecule has 10 heteroatoms. The van der Waals surface area contributed by atoms with E-state index in [1.54, 1.807) is 29.2 Å². The van der Waals surface area contributed by atoms with Crippen LogP contribution in [0.5, 0.6) is 5.88 Å². The number of aromatic nitrogens is 2. The number of H-pyrrole nitrogens is 1. The summed E-state index contributed by atoms with van der Waals surface area (Å²) in [7, 11) is 2.55. The zero-order valence-electron chi connectivity index (χ0n) is 14.3. The predicted octanol–water partition coefficient (Wildman–Crippen LogP) is 2.53. The van der Waals surface area contributed by atoms with Crippen molar-refractivity contribution in [3.8, 4) is 5.88 Å². The van der Waals surface area contributed by atoms with Gasteiger partial charge in [0, 0.05) is 6.07 Å². The fraction of sp³-hybridized carbons (Fsp3) is 0.235. The monoisotopic (exact) mass is 384 g/mol. The van der Waals surface area contributed by atoms with Gasteiger partial charge in [-0.25, -0.2) is 9.59 Å². The first-order valence-electron chi connectivity index (χ1n) is 7.47. The third kappa shape index (κ3) is 5.09. The molecule has 0 bridgehead atoms. The van der Waals surface area contributed by atoms with Crippen molar-refractivity contribution in [1.29, 1.82) is 0 Å². The number of halogens is 3. The topological polar surface area (TPSA) is 90.5 Å². The summed E-state index contributed by atoms with van der Waals surface area (Å²) in [6.45, 7) is -0.248. The molecule has 1 aromatic heterocycles. The van der Waals surface area contributed by atoms with Crippen LogP contribution in [-0.4, -0.2) is 30.2 Å². The van der Waals surface area contributed by atoms with E-state index in [0.717, 1.165) is 0 Å². The zero-order chi connectivity index (χ0) is 20.0. The number of ether oxygens (including phenoxy) is 3. The number of aromatic amines is 1. The number of carbonyl (C=O) groups excluding carboxylic acids is 1. The second-order valence-corrected chi connectivity index (χ2v) is 5.14. The SMILES string of the molecule is CO/C=C(/C(=O)OC)c1ccccc1COc1cc(C(F)(F)F)[nH]c(=O)n1. The fourth-order valence-electron chi connectivity index (χ4n) is 2.17. The molecule has 0 saturated heterocycles. The summed E-state index contributed by atoms with van der Waals surface area (Å²) in [5.41, 5.74) is -1.54. The summed E-state index contributed by atoms with van der Waals surface area (Å²) < 4.78 is 53.1. The van der Waals surface area contributed by atoms with Crippen LogP contribution in [0.1, 0.15) is 16.8 Å². The second-order valence-electron chi connectivity index (χ2n) is 5.14. The molecule has 0 saturated carbocycles. The van der Waals surface area contributed by atoms with Gasteiger partial charge in [0.15, 0.2) is 0 Å². The molecule has 0 unspecified atom stereocenters. The molecule has 0 aliphatic rings. The van der Waals surface area contributed by atoms with E-state index in [0.29, 0.717) is 17.2 Å². The Morgan fingerprint density at radius 2 is 1.96 bits per heavy atom. The fourth-order valence-corrected chi connectivity index (χ4v) is 2.17. The van der Waals surface area contributed by atoms with Crippen LogP contribution in [0, 0.1) is 0 Å². The Morgan fingerprint density at radius 1 is 1.26 bits per heavy atom. The number of hydrogen-bond donors (Lipinski definition) is 1. The summed E-state index contributed by atoms with van der Waals surface area (Å²) in [5.74, 6) is -1.17. The average molecular weight is 384 g/mol. The van der Waals surface area contributed by atoms with Gasteiger partial charge in [-0.05, 0) is 11.1 Å². The molecule has 1 aromatic carbocycles. The lowest BCUT2D eigenvalue weighted by Crippen LogP contribution is -2.19. The first-order chi connectivity index (χ1) is 12.8. The van der Waals surface area contributed by atoms with Crippen LogP contribution in [0.3, 0.4) is 0 Å². The maximum absolute atomic E-state index is 12.8.